The molecule has 100 valence electrons. The van der Waals surface area contributed by atoms with Gasteiger partial charge in [0.2, 0.25) is 0 Å². The number of thiophene rings is 1. The van der Waals surface area contributed by atoms with Crippen molar-refractivity contribution in [1.82, 2.24) is 0 Å². The van der Waals surface area contributed by atoms with Crippen molar-refractivity contribution in [3.8, 4) is 0 Å². The van der Waals surface area contributed by atoms with E-state index in [1.54, 1.807) is 30.5 Å². The van der Waals surface area contributed by atoms with E-state index >= 15 is 0 Å². The Hall–Kier alpha value is -2.20. The molecule has 4 heteroatoms. The molecule has 0 fully saturated rings. The minimum atomic E-state index is -0.0157. The van der Waals surface area contributed by atoms with Crippen molar-refractivity contribution in [2.45, 2.75) is 12.8 Å². The lowest BCUT2D eigenvalue weighted by Crippen LogP contribution is -2.04. The molecule has 0 saturated heterocycles. The molecule has 3 rings (SSSR count). The Morgan fingerprint density at radius 2 is 1.90 bits per heavy atom. The van der Waals surface area contributed by atoms with Crippen LogP contribution in [0.3, 0.4) is 0 Å². The molecule has 0 spiro atoms. The van der Waals surface area contributed by atoms with Crippen molar-refractivity contribution in [3.05, 3.63) is 58.5 Å². The molecule has 1 aromatic carbocycles. The number of hydrogen-bond donors (Lipinski definition) is 0. The number of fused-ring (bicyclic) bond motifs is 1. The van der Waals surface area contributed by atoms with Crippen molar-refractivity contribution in [3.63, 3.8) is 0 Å². The van der Waals surface area contributed by atoms with Gasteiger partial charge >= 0.3 is 0 Å². The van der Waals surface area contributed by atoms with Gasteiger partial charge in [0.1, 0.15) is 5.58 Å². The molecule has 3 aromatic rings. The summed E-state index contributed by atoms with van der Waals surface area (Å²) in [7, 11) is 0. The summed E-state index contributed by atoms with van der Waals surface area (Å²) in [6.07, 6.45) is 2.09. The molecular formula is C16H12O3S. The van der Waals surface area contributed by atoms with E-state index in [0.29, 0.717) is 10.4 Å². The monoisotopic (exact) mass is 284 g/mol. The Balaban J connectivity index is 1.68. The molecule has 0 aliphatic heterocycles. The number of furan rings is 1. The smallest absolute Gasteiger partial charge is 0.173 e. The highest BCUT2D eigenvalue weighted by molar-refractivity contribution is 7.12. The highest BCUT2D eigenvalue weighted by Crippen LogP contribution is 2.19. The molecule has 0 aliphatic carbocycles. The first kappa shape index (κ1) is 12.8. The summed E-state index contributed by atoms with van der Waals surface area (Å²) in [5.41, 5.74) is 1.38. The van der Waals surface area contributed by atoms with Crippen LogP contribution in [-0.2, 0) is 0 Å². The number of hydrogen-bond acceptors (Lipinski definition) is 4. The van der Waals surface area contributed by atoms with Gasteiger partial charge in [-0.2, -0.15) is 0 Å². The molecule has 0 unspecified atom stereocenters. The third-order valence-electron chi connectivity index (χ3n) is 3.15. The summed E-state index contributed by atoms with van der Waals surface area (Å²) >= 11 is 1.41. The van der Waals surface area contributed by atoms with Gasteiger partial charge in [-0.15, -0.1) is 11.3 Å². The highest BCUT2D eigenvalue weighted by atomic mass is 32.1. The lowest BCUT2D eigenvalue weighted by Gasteiger charge is -2.00. The summed E-state index contributed by atoms with van der Waals surface area (Å²) in [6, 6.07) is 10.8. The molecular weight excluding hydrogens is 272 g/mol. The largest absolute Gasteiger partial charge is 0.464 e. The average molecular weight is 284 g/mol. The lowest BCUT2D eigenvalue weighted by atomic mass is 10.0. The second-order valence-electron chi connectivity index (χ2n) is 4.50. The van der Waals surface area contributed by atoms with Gasteiger partial charge < -0.3 is 4.42 Å². The Labute approximate surface area is 119 Å². The number of carbonyl (C=O) groups excluding carboxylic acids is 2. The van der Waals surface area contributed by atoms with E-state index in [4.69, 9.17) is 4.42 Å². The summed E-state index contributed by atoms with van der Waals surface area (Å²) in [5.74, 6) is 0.00995. The van der Waals surface area contributed by atoms with Crippen LogP contribution in [0, 0.1) is 0 Å². The Morgan fingerprint density at radius 1 is 1.05 bits per heavy atom. The second-order valence-corrected chi connectivity index (χ2v) is 5.44. The third-order valence-corrected chi connectivity index (χ3v) is 4.06. The van der Waals surface area contributed by atoms with Gasteiger partial charge in [-0.25, -0.2) is 0 Å². The normalized spacial score (nSPS) is 10.8. The van der Waals surface area contributed by atoms with Crippen molar-refractivity contribution >= 4 is 33.9 Å². The van der Waals surface area contributed by atoms with Crippen LogP contribution in [0.15, 0.2) is 52.5 Å². The molecule has 0 amide bonds. The average Bonchev–Trinajstić information content (AvgIpc) is 3.13. The maximum Gasteiger partial charge on any atom is 0.173 e. The molecule has 2 heterocycles. The minimum Gasteiger partial charge on any atom is -0.464 e. The Morgan fingerprint density at radius 3 is 2.70 bits per heavy atom. The fourth-order valence-electron chi connectivity index (χ4n) is 2.07. The van der Waals surface area contributed by atoms with E-state index in [9.17, 15) is 9.59 Å². The second kappa shape index (κ2) is 5.43. The van der Waals surface area contributed by atoms with Crippen LogP contribution in [0.2, 0.25) is 0 Å². The maximum atomic E-state index is 12.1. The van der Waals surface area contributed by atoms with Crippen LogP contribution in [0.5, 0.6) is 0 Å². The van der Waals surface area contributed by atoms with Crippen molar-refractivity contribution in [1.29, 1.82) is 0 Å². The van der Waals surface area contributed by atoms with E-state index in [2.05, 4.69) is 0 Å². The zero-order chi connectivity index (χ0) is 13.9. The highest BCUT2D eigenvalue weighted by Gasteiger charge is 2.12. The van der Waals surface area contributed by atoms with Gasteiger partial charge in [0.15, 0.2) is 11.6 Å². The molecule has 0 saturated carbocycles. The predicted molar refractivity (Wildman–Crippen MR) is 78.4 cm³/mol. The standard InChI is InChI=1S/C16H12O3S/c17-13(4-5-14(18)16-2-1-9-20-16)11-3-6-15-12(10-11)7-8-19-15/h1-3,6-10H,4-5H2. The minimum absolute atomic E-state index is 0.0157. The van der Waals surface area contributed by atoms with Crippen molar-refractivity contribution in [2.75, 3.05) is 0 Å². The summed E-state index contributed by atoms with van der Waals surface area (Å²) in [6.45, 7) is 0. The molecule has 0 atom stereocenters. The summed E-state index contributed by atoms with van der Waals surface area (Å²) in [4.78, 5) is 24.7. The number of ketones is 2. The summed E-state index contributed by atoms with van der Waals surface area (Å²) in [5, 5.41) is 2.77. The number of Topliss-reactive ketones (excluding diaryl/α,β-unsaturated/α-hetero) is 2. The molecule has 0 N–H and O–H groups in total. The van der Waals surface area contributed by atoms with Crippen LogP contribution in [-0.4, -0.2) is 11.6 Å². The SMILES string of the molecule is O=C(CCC(=O)c1cccs1)c1ccc2occc2c1. The number of carbonyl (C=O) groups is 2. The van der Waals surface area contributed by atoms with E-state index in [0.717, 1.165) is 11.0 Å². The van der Waals surface area contributed by atoms with Crippen LogP contribution in [0.25, 0.3) is 11.0 Å². The third kappa shape index (κ3) is 2.56. The Bertz CT molecular complexity index is 753. The molecule has 0 radical (unpaired) electrons. The first-order valence-electron chi connectivity index (χ1n) is 6.31. The maximum absolute atomic E-state index is 12.1. The predicted octanol–water partition coefficient (Wildman–Crippen LogP) is 4.34. The van der Waals surface area contributed by atoms with Gasteiger partial charge in [0.05, 0.1) is 11.1 Å². The first-order valence-corrected chi connectivity index (χ1v) is 7.19. The first-order chi connectivity index (χ1) is 9.74. The quantitative estimate of drug-likeness (QED) is 0.655. The zero-order valence-electron chi connectivity index (χ0n) is 10.7. The van der Waals surface area contributed by atoms with Gasteiger partial charge in [-0.3, -0.25) is 9.59 Å². The molecule has 2 aromatic heterocycles. The van der Waals surface area contributed by atoms with Gasteiger partial charge in [0, 0.05) is 23.8 Å². The van der Waals surface area contributed by atoms with E-state index < -0.39 is 0 Å². The number of rotatable bonds is 5. The van der Waals surface area contributed by atoms with E-state index in [1.807, 2.05) is 17.5 Å². The lowest BCUT2D eigenvalue weighted by molar-refractivity contribution is 0.0919. The number of benzene rings is 1. The molecule has 0 aliphatic rings. The summed E-state index contributed by atoms with van der Waals surface area (Å²) < 4.78 is 5.24. The van der Waals surface area contributed by atoms with E-state index in [-0.39, 0.29) is 24.4 Å². The fraction of sp³-hybridized carbons (Fsp3) is 0.125. The Kier molecular flexibility index (Phi) is 3.48. The fourth-order valence-corrected chi connectivity index (χ4v) is 2.77. The van der Waals surface area contributed by atoms with Crippen molar-refractivity contribution < 1.29 is 14.0 Å². The molecule has 0 bridgehead atoms. The van der Waals surface area contributed by atoms with Gasteiger partial charge in [-0.05, 0) is 35.7 Å². The van der Waals surface area contributed by atoms with Gasteiger partial charge in [-0.1, -0.05) is 6.07 Å². The topological polar surface area (TPSA) is 47.3 Å². The van der Waals surface area contributed by atoms with Gasteiger partial charge in [0.25, 0.3) is 0 Å². The molecule has 3 nitrogen and oxygen atoms in total. The van der Waals surface area contributed by atoms with Crippen molar-refractivity contribution in [2.24, 2.45) is 0 Å². The van der Waals surface area contributed by atoms with Crippen LogP contribution in [0.1, 0.15) is 32.9 Å². The van der Waals surface area contributed by atoms with Crippen LogP contribution < -0.4 is 0 Å². The van der Waals surface area contributed by atoms with Crippen LogP contribution in [0.4, 0.5) is 0 Å². The van der Waals surface area contributed by atoms with E-state index in [1.165, 1.54) is 11.3 Å². The zero-order valence-corrected chi connectivity index (χ0v) is 11.5. The molecule has 20 heavy (non-hydrogen) atoms. The van der Waals surface area contributed by atoms with Crippen LogP contribution >= 0.6 is 11.3 Å².